The molecule has 0 radical (unpaired) electrons. The standard InChI is InChI=1S/C17H20N6O/c1-11-15(16(24)20-17(2,3)10-18)21-22-23(11)14-8-4-7-13-12(14)6-5-9-19-13/h4-9H,10,18H2,1-3H3,(H,20,24). The number of amides is 1. The summed E-state index contributed by atoms with van der Waals surface area (Å²) in [5.74, 6) is -0.285. The van der Waals surface area contributed by atoms with E-state index in [-0.39, 0.29) is 11.6 Å². The van der Waals surface area contributed by atoms with E-state index in [1.807, 2.05) is 51.1 Å². The normalized spacial score (nSPS) is 11.7. The SMILES string of the molecule is Cc1c(C(=O)NC(C)(C)CN)nnn1-c1cccc2ncccc12. The first-order valence-electron chi connectivity index (χ1n) is 7.72. The number of benzene rings is 1. The third-order valence-corrected chi connectivity index (χ3v) is 3.92. The number of nitrogens with one attached hydrogen (secondary N) is 1. The van der Waals surface area contributed by atoms with Crippen LogP contribution in [0.15, 0.2) is 36.5 Å². The Bertz CT molecular complexity index is 894. The van der Waals surface area contributed by atoms with Crippen LogP contribution in [0.5, 0.6) is 0 Å². The fourth-order valence-corrected chi connectivity index (χ4v) is 2.46. The molecule has 3 aromatic rings. The monoisotopic (exact) mass is 324 g/mol. The molecule has 2 aromatic heterocycles. The molecule has 3 rings (SSSR count). The Kier molecular flexibility index (Phi) is 4.02. The Morgan fingerprint density at radius 1 is 1.29 bits per heavy atom. The lowest BCUT2D eigenvalue weighted by Gasteiger charge is -2.23. The van der Waals surface area contributed by atoms with Gasteiger partial charge >= 0.3 is 0 Å². The average Bonchev–Trinajstić information content (AvgIpc) is 2.95. The number of hydrogen-bond acceptors (Lipinski definition) is 5. The third-order valence-electron chi connectivity index (χ3n) is 3.92. The van der Waals surface area contributed by atoms with Crippen LogP contribution in [0.1, 0.15) is 30.0 Å². The summed E-state index contributed by atoms with van der Waals surface area (Å²) in [6.45, 7) is 5.88. The van der Waals surface area contributed by atoms with Gasteiger partial charge in [-0.1, -0.05) is 11.3 Å². The van der Waals surface area contributed by atoms with Gasteiger partial charge in [0.2, 0.25) is 0 Å². The van der Waals surface area contributed by atoms with Crippen molar-refractivity contribution in [3.05, 3.63) is 47.9 Å². The van der Waals surface area contributed by atoms with E-state index < -0.39 is 5.54 Å². The summed E-state index contributed by atoms with van der Waals surface area (Å²) in [6.07, 6.45) is 1.74. The van der Waals surface area contributed by atoms with E-state index in [4.69, 9.17) is 5.73 Å². The Hall–Kier alpha value is -2.80. The first-order valence-corrected chi connectivity index (χ1v) is 7.72. The molecular weight excluding hydrogens is 304 g/mol. The Balaban J connectivity index is 2.02. The average molecular weight is 324 g/mol. The van der Waals surface area contributed by atoms with E-state index in [1.54, 1.807) is 10.9 Å². The lowest BCUT2D eigenvalue weighted by molar-refractivity contribution is 0.0910. The minimum absolute atomic E-state index is 0.285. The molecule has 0 fully saturated rings. The Morgan fingerprint density at radius 3 is 2.83 bits per heavy atom. The second-order valence-electron chi connectivity index (χ2n) is 6.32. The molecule has 0 unspecified atom stereocenters. The quantitative estimate of drug-likeness (QED) is 0.759. The van der Waals surface area contributed by atoms with Gasteiger partial charge in [0, 0.05) is 23.7 Å². The first kappa shape index (κ1) is 16.1. The minimum Gasteiger partial charge on any atom is -0.344 e. The fourth-order valence-electron chi connectivity index (χ4n) is 2.46. The van der Waals surface area contributed by atoms with Crippen molar-refractivity contribution in [3.8, 4) is 5.69 Å². The molecule has 0 aliphatic rings. The number of aromatic nitrogens is 4. The molecule has 0 bridgehead atoms. The summed E-state index contributed by atoms with van der Waals surface area (Å²) in [7, 11) is 0. The van der Waals surface area contributed by atoms with Gasteiger partial charge in [0.1, 0.15) is 0 Å². The topological polar surface area (TPSA) is 98.7 Å². The van der Waals surface area contributed by atoms with Gasteiger partial charge in [-0.2, -0.15) is 0 Å². The highest BCUT2D eigenvalue weighted by molar-refractivity contribution is 5.94. The molecular formula is C17H20N6O. The molecule has 2 heterocycles. The number of carbonyl (C=O) groups excluding carboxylic acids is 1. The van der Waals surface area contributed by atoms with Crippen LogP contribution in [0.25, 0.3) is 16.6 Å². The molecule has 0 spiro atoms. The van der Waals surface area contributed by atoms with Crippen molar-refractivity contribution in [1.82, 2.24) is 25.3 Å². The predicted octanol–water partition coefficient (Wildman–Crippen LogP) is 1.59. The van der Waals surface area contributed by atoms with E-state index >= 15 is 0 Å². The summed E-state index contributed by atoms with van der Waals surface area (Å²) in [5, 5.41) is 12.0. The fraction of sp³-hybridized carbons (Fsp3) is 0.294. The number of fused-ring (bicyclic) bond motifs is 1. The van der Waals surface area contributed by atoms with Gasteiger partial charge in [-0.05, 0) is 45.0 Å². The van der Waals surface area contributed by atoms with Gasteiger partial charge in [0.05, 0.1) is 16.9 Å². The highest BCUT2D eigenvalue weighted by Gasteiger charge is 2.24. The van der Waals surface area contributed by atoms with Crippen LogP contribution in [0.4, 0.5) is 0 Å². The molecule has 0 saturated heterocycles. The van der Waals surface area contributed by atoms with Crippen molar-refractivity contribution < 1.29 is 4.79 Å². The molecule has 0 aliphatic carbocycles. The summed E-state index contributed by atoms with van der Waals surface area (Å²) < 4.78 is 1.66. The van der Waals surface area contributed by atoms with Crippen molar-refractivity contribution in [2.75, 3.05) is 6.54 Å². The van der Waals surface area contributed by atoms with Crippen LogP contribution < -0.4 is 11.1 Å². The number of carbonyl (C=O) groups is 1. The van der Waals surface area contributed by atoms with Crippen molar-refractivity contribution in [2.24, 2.45) is 5.73 Å². The van der Waals surface area contributed by atoms with Gasteiger partial charge in [0.25, 0.3) is 5.91 Å². The zero-order valence-corrected chi connectivity index (χ0v) is 13.9. The highest BCUT2D eigenvalue weighted by atomic mass is 16.2. The lowest BCUT2D eigenvalue weighted by atomic mass is 10.1. The van der Waals surface area contributed by atoms with Gasteiger partial charge in [-0.25, -0.2) is 4.68 Å². The maximum absolute atomic E-state index is 12.5. The van der Waals surface area contributed by atoms with Crippen molar-refractivity contribution in [2.45, 2.75) is 26.3 Å². The van der Waals surface area contributed by atoms with Gasteiger partial charge in [-0.3, -0.25) is 9.78 Å². The zero-order chi connectivity index (χ0) is 17.3. The minimum atomic E-state index is -0.503. The molecule has 3 N–H and O–H groups in total. The first-order chi connectivity index (χ1) is 11.4. The van der Waals surface area contributed by atoms with E-state index in [0.29, 0.717) is 12.2 Å². The van der Waals surface area contributed by atoms with Crippen LogP contribution >= 0.6 is 0 Å². The largest absolute Gasteiger partial charge is 0.344 e. The van der Waals surface area contributed by atoms with Crippen LogP contribution in [0, 0.1) is 6.92 Å². The van der Waals surface area contributed by atoms with Crippen molar-refractivity contribution >= 4 is 16.8 Å². The van der Waals surface area contributed by atoms with E-state index in [2.05, 4.69) is 20.6 Å². The van der Waals surface area contributed by atoms with E-state index in [9.17, 15) is 4.79 Å². The van der Waals surface area contributed by atoms with Crippen LogP contribution in [0.2, 0.25) is 0 Å². The number of nitrogens with zero attached hydrogens (tertiary/aromatic N) is 4. The molecule has 7 heteroatoms. The lowest BCUT2D eigenvalue weighted by Crippen LogP contribution is -2.49. The molecule has 1 aromatic carbocycles. The molecule has 0 atom stereocenters. The second-order valence-corrected chi connectivity index (χ2v) is 6.32. The van der Waals surface area contributed by atoms with E-state index in [1.165, 1.54) is 0 Å². The van der Waals surface area contributed by atoms with Gasteiger partial charge < -0.3 is 11.1 Å². The van der Waals surface area contributed by atoms with Gasteiger partial charge in [-0.15, -0.1) is 5.10 Å². The summed E-state index contributed by atoms with van der Waals surface area (Å²) in [4.78, 5) is 16.8. The highest BCUT2D eigenvalue weighted by Crippen LogP contribution is 2.21. The van der Waals surface area contributed by atoms with Crippen LogP contribution in [-0.4, -0.2) is 38.0 Å². The smallest absolute Gasteiger partial charge is 0.274 e. The van der Waals surface area contributed by atoms with Crippen molar-refractivity contribution in [1.29, 1.82) is 0 Å². The Labute approximate surface area is 139 Å². The number of nitrogens with two attached hydrogens (primary N) is 1. The number of hydrogen-bond donors (Lipinski definition) is 2. The second kappa shape index (κ2) is 6.01. The maximum atomic E-state index is 12.5. The Morgan fingerprint density at radius 2 is 2.08 bits per heavy atom. The summed E-state index contributed by atoms with van der Waals surface area (Å²) in [6, 6.07) is 9.61. The predicted molar refractivity (Wildman–Crippen MR) is 92.0 cm³/mol. The van der Waals surface area contributed by atoms with E-state index in [0.717, 1.165) is 16.6 Å². The van der Waals surface area contributed by atoms with Crippen LogP contribution in [0.3, 0.4) is 0 Å². The molecule has 7 nitrogen and oxygen atoms in total. The molecule has 1 amide bonds. The number of pyridine rings is 1. The molecule has 0 aliphatic heterocycles. The zero-order valence-electron chi connectivity index (χ0n) is 13.9. The maximum Gasteiger partial charge on any atom is 0.274 e. The number of rotatable bonds is 4. The molecule has 24 heavy (non-hydrogen) atoms. The molecule has 0 saturated carbocycles. The van der Waals surface area contributed by atoms with Crippen molar-refractivity contribution in [3.63, 3.8) is 0 Å². The summed E-state index contributed by atoms with van der Waals surface area (Å²) >= 11 is 0. The third kappa shape index (κ3) is 2.85. The summed E-state index contributed by atoms with van der Waals surface area (Å²) in [5.41, 5.74) is 7.81. The van der Waals surface area contributed by atoms with Crippen LogP contribution in [-0.2, 0) is 0 Å². The molecule has 124 valence electrons. The van der Waals surface area contributed by atoms with Gasteiger partial charge in [0.15, 0.2) is 5.69 Å².